The number of hydrogen-bond donors (Lipinski definition) is 1. The molecule has 0 saturated carbocycles. The molecule has 26 heavy (non-hydrogen) atoms. The molecule has 1 aromatic carbocycles. The fourth-order valence-electron chi connectivity index (χ4n) is 2.76. The second-order valence-corrected chi connectivity index (χ2v) is 8.73. The average molecular weight is 404 g/mol. The van der Waals surface area contributed by atoms with Crippen LogP contribution in [0.4, 0.5) is 13.2 Å². The summed E-state index contributed by atoms with van der Waals surface area (Å²) in [7, 11) is -3.61. The topological polar surface area (TPSA) is 66.5 Å². The number of halogens is 3. The number of nitrogens with one attached hydrogen (secondary N) is 1. The van der Waals surface area contributed by atoms with Crippen molar-refractivity contribution in [3.63, 3.8) is 0 Å². The van der Waals surface area contributed by atoms with Crippen molar-refractivity contribution in [1.82, 2.24) is 9.62 Å². The van der Waals surface area contributed by atoms with Gasteiger partial charge < -0.3 is 4.90 Å². The molecule has 0 atom stereocenters. The van der Waals surface area contributed by atoms with Crippen molar-refractivity contribution in [2.75, 3.05) is 13.1 Å². The Hall–Kier alpha value is -1.91. The van der Waals surface area contributed by atoms with Crippen LogP contribution in [0.2, 0.25) is 0 Å². The number of benzene rings is 1. The summed E-state index contributed by atoms with van der Waals surface area (Å²) >= 11 is 1.10. The summed E-state index contributed by atoms with van der Waals surface area (Å²) in [6.07, 6.45) is 0.670. The Bertz CT molecular complexity index is 909. The molecule has 1 saturated heterocycles. The lowest BCUT2D eigenvalue weighted by atomic mass is 10.0. The lowest BCUT2D eigenvalue weighted by Crippen LogP contribution is -2.46. The number of carbonyl (C=O) groups is 1. The van der Waals surface area contributed by atoms with Gasteiger partial charge in [-0.1, -0.05) is 6.07 Å². The fourth-order valence-corrected chi connectivity index (χ4v) is 5.07. The van der Waals surface area contributed by atoms with E-state index >= 15 is 0 Å². The standard InChI is InChI=1S/C16H15F3N2O3S2/c17-12-4-3-11(14(18)15(12)19)16(22)21-7-5-10(6-8-21)20-26(23,24)13-2-1-9-25-13/h1-4,9-10,20H,5-8H2. The number of likely N-dealkylation sites (tertiary alicyclic amines) is 1. The van der Waals surface area contributed by atoms with E-state index in [1.165, 1.54) is 11.0 Å². The van der Waals surface area contributed by atoms with Crippen LogP contribution in [0.1, 0.15) is 23.2 Å². The number of rotatable bonds is 4. The van der Waals surface area contributed by atoms with Crippen LogP contribution in [0.5, 0.6) is 0 Å². The van der Waals surface area contributed by atoms with Crippen LogP contribution in [-0.2, 0) is 10.0 Å². The summed E-state index contributed by atoms with van der Waals surface area (Å²) in [4.78, 5) is 13.6. The van der Waals surface area contributed by atoms with Crippen LogP contribution in [0.3, 0.4) is 0 Å². The smallest absolute Gasteiger partial charge is 0.256 e. The molecular formula is C16H15F3N2O3S2. The molecule has 1 aliphatic heterocycles. The van der Waals surface area contributed by atoms with Crippen LogP contribution in [-0.4, -0.2) is 38.4 Å². The van der Waals surface area contributed by atoms with Crippen molar-refractivity contribution < 1.29 is 26.4 Å². The van der Waals surface area contributed by atoms with Gasteiger partial charge in [-0.3, -0.25) is 4.79 Å². The van der Waals surface area contributed by atoms with Gasteiger partial charge in [0.15, 0.2) is 17.5 Å². The van der Waals surface area contributed by atoms with E-state index in [1.807, 2.05) is 0 Å². The predicted molar refractivity (Wildman–Crippen MR) is 89.9 cm³/mol. The molecule has 0 unspecified atom stereocenters. The van der Waals surface area contributed by atoms with Crippen LogP contribution in [0.15, 0.2) is 33.9 Å². The van der Waals surface area contributed by atoms with E-state index in [1.54, 1.807) is 11.4 Å². The van der Waals surface area contributed by atoms with E-state index in [0.29, 0.717) is 18.9 Å². The Kier molecular flexibility index (Phi) is 5.35. The first-order valence-corrected chi connectivity index (χ1v) is 10.1. The Labute approximate surface area is 152 Å². The molecule has 1 N–H and O–H groups in total. The Balaban J connectivity index is 1.64. The maximum absolute atomic E-state index is 13.8. The number of piperidine rings is 1. The summed E-state index contributed by atoms with van der Waals surface area (Å²) in [5.41, 5.74) is -0.540. The molecule has 1 aromatic heterocycles. The van der Waals surface area contributed by atoms with Crippen LogP contribution < -0.4 is 4.72 Å². The molecule has 1 amide bonds. The van der Waals surface area contributed by atoms with Gasteiger partial charge in [0.25, 0.3) is 5.91 Å². The molecule has 2 heterocycles. The average Bonchev–Trinajstić information content (AvgIpc) is 3.15. The molecule has 0 spiro atoms. The molecular weight excluding hydrogens is 389 g/mol. The Morgan fingerprint density at radius 2 is 1.81 bits per heavy atom. The molecule has 0 aliphatic carbocycles. The first-order valence-electron chi connectivity index (χ1n) is 7.78. The van der Waals surface area contributed by atoms with E-state index in [0.717, 1.165) is 17.4 Å². The van der Waals surface area contributed by atoms with Crippen molar-refractivity contribution >= 4 is 27.3 Å². The van der Waals surface area contributed by atoms with Gasteiger partial charge in [-0.2, -0.15) is 0 Å². The highest BCUT2D eigenvalue weighted by Crippen LogP contribution is 2.21. The van der Waals surface area contributed by atoms with Gasteiger partial charge in [0.05, 0.1) is 5.56 Å². The van der Waals surface area contributed by atoms with Crippen molar-refractivity contribution in [3.8, 4) is 0 Å². The van der Waals surface area contributed by atoms with E-state index in [-0.39, 0.29) is 23.3 Å². The number of nitrogens with zero attached hydrogens (tertiary/aromatic N) is 1. The quantitative estimate of drug-likeness (QED) is 0.797. The highest BCUT2D eigenvalue weighted by atomic mass is 32.2. The Morgan fingerprint density at radius 3 is 2.42 bits per heavy atom. The zero-order chi connectivity index (χ0) is 18.9. The first-order chi connectivity index (χ1) is 12.3. The Morgan fingerprint density at radius 1 is 1.12 bits per heavy atom. The van der Waals surface area contributed by atoms with Gasteiger partial charge in [-0.05, 0) is 36.4 Å². The zero-order valence-corrected chi connectivity index (χ0v) is 15.0. The molecule has 1 aliphatic rings. The minimum atomic E-state index is -3.61. The van der Waals surface area contributed by atoms with Crippen molar-refractivity contribution in [1.29, 1.82) is 0 Å². The molecule has 3 rings (SSSR count). The molecule has 2 aromatic rings. The number of carbonyl (C=O) groups excluding carboxylic acids is 1. The highest BCUT2D eigenvalue weighted by molar-refractivity contribution is 7.91. The molecule has 140 valence electrons. The van der Waals surface area contributed by atoms with Gasteiger partial charge >= 0.3 is 0 Å². The first kappa shape index (κ1) is 18.9. The molecule has 0 bridgehead atoms. The lowest BCUT2D eigenvalue weighted by molar-refractivity contribution is 0.0705. The molecule has 1 fully saturated rings. The summed E-state index contributed by atoms with van der Waals surface area (Å²) in [6, 6.07) is 4.38. The van der Waals surface area contributed by atoms with Gasteiger partial charge in [-0.25, -0.2) is 26.3 Å². The third-order valence-electron chi connectivity index (χ3n) is 4.13. The normalized spacial score (nSPS) is 16.0. The maximum atomic E-state index is 13.8. The minimum absolute atomic E-state index is 0.175. The highest BCUT2D eigenvalue weighted by Gasteiger charge is 2.29. The summed E-state index contributed by atoms with van der Waals surface area (Å²) in [6.45, 7) is 0.351. The fraction of sp³-hybridized carbons (Fsp3) is 0.312. The van der Waals surface area contributed by atoms with Crippen LogP contribution in [0.25, 0.3) is 0 Å². The van der Waals surface area contributed by atoms with Crippen LogP contribution >= 0.6 is 11.3 Å². The minimum Gasteiger partial charge on any atom is -0.338 e. The van der Waals surface area contributed by atoms with Gasteiger partial charge in [0, 0.05) is 19.1 Å². The molecule has 5 nitrogen and oxygen atoms in total. The van der Waals surface area contributed by atoms with Crippen molar-refractivity contribution in [3.05, 3.63) is 52.7 Å². The SMILES string of the molecule is O=C(c1ccc(F)c(F)c1F)N1CCC(NS(=O)(=O)c2cccs2)CC1. The van der Waals surface area contributed by atoms with E-state index in [2.05, 4.69) is 4.72 Å². The maximum Gasteiger partial charge on any atom is 0.256 e. The van der Waals surface area contributed by atoms with Crippen molar-refractivity contribution in [2.45, 2.75) is 23.1 Å². The molecule has 10 heteroatoms. The lowest BCUT2D eigenvalue weighted by Gasteiger charge is -2.32. The number of hydrogen-bond acceptors (Lipinski definition) is 4. The zero-order valence-electron chi connectivity index (χ0n) is 13.4. The summed E-state index contributed by atoms with van der Waals surface area (Å²) < 4.78 is 67.3. The monoisotopic (exact) mass is 404 g/mol. The van der Waals surface area contributed by atoms with E-state index < -0.39 is 38.9 Å². The number of thiophene rings is 1. The van der Waals surface area contributed by atoms with E-state index in [4.69, 9.17) is 0 Å². The largest absolute Gasteiger partial charge is 0.338 e. The second-order valence-electron chi connectivity index (χ2n) is 5.84. The number of sulfonamides is 1. The van der Waals surface area contributed by atoms with Crippen LogP contribution in [0, 0.1) is 17.5 Å². The molecule has 0 radical (unpaired) electrons. The summed E-state index contributed by atoms with van der Waals surface area (Å²) in [5, 5.41) is 1.66. The second kappa shape index (κ2) is 7.37. The third kappa shape index (κ3) is 3.76. The predicted octanol–water partition coefficient (Wildman–Crippen LogP) is 2.75. The third-order valence-corrected chi connectivity index (χ3v) is 7.05. The summed E-state index contributed by atoms with van der Waals surface area (Å²) in [5.74, 6) is -5.31. The van der Waals surface area contributed by atoms with Crippen molar-refractivity contribution in [2.24, 2.45) is 0 Å². The number of amides is 1. The van der Waals surface area contributed by atoms with Gasteiger partial charge in [0.2, 0.25) is 10.0 Å². The van der Waals surface area contributed by atoms with E-state index in [9.17, 15) is 26.4 Å². The van der Waals surface area contributed by atoms with Gasteiger partial charge in [0.1, 0.15) is 4.21 Å². The van der Waals surface area contributed by atoms with Gasteiger partial charge in [-0.15, -0.1) is 11.3 Å².